The Kier molecular flexibility index (Phi) is 3.08. The Balaban J connectivity index is 2.70. The van der Waals surface area contributed by atoms with Gasteiger partial charge >= 0.3 is 12.1 Å². The average molecular weight is 222 g/mol. The van der Waals surface area contributed by atoms with Gasteiger partial charge in [0.05, 0.1) is 12.4 Å². The van der Waals surface area contributed by atoms with Crippen molar-refractivity contribution in [2.24, 2.45) is 0 Å². The van der Waals surface area contributed by atoms with E-state index in [0.717, 1.165) is 12.4 Å². The van der Waals surface area contributed by atoms with Crippen molar-refractivity contribution in [1.82, 2.24) is 9.97 Å². The maximum absolute atomic E-state index is 11.7. The van der Waals surface area contributed by atoms with Gasteiger partial charge in [-0.15, -0.1) is 0 Å². The summed E-state index contributed by atoms with van der Waals surface area (Å²) in [5, 5.41) is 8.46. The van der Waals surface area contributed by atoms with Crippen LogP contribution in [0.15, 0.2) is 12.4 Å². The second-order valence-electron chi connectivity index (χ2n) is 2.45. The van der Waals surface area contributed by atoms with Crippen molar-refractivity contribution in [2.45, 2.75) is 6.18 Å². The Hall–Kier alpha value is -1.86. The third kappa shape index (κ3) is 3.79. The summed E-state index contributed by atoms with van der Waals surface area (Å²) in [6.45, 7) is -1.54. The highest BCUT2D eigenvalue weighted by atomic mass is 19.4. The summed E-state index contributed by atoms with van der Waals surface area (Å²) in [5.41, 5.74) is -0.477. The first-order chi connectivity index (χ1) is 6.88. The number of hydrogen-bond acceptors (Lipinski definition) is 4. The molecule has 0 aliphatic carbocycles. The molecular formula is C7H5F3N2O3. The van der Waals surface area contributed by atoms with Crippen molar-refractivity contribution in [1.29, 1.82) is 0 Å². The zero-order chi connectivity index (χ0) is 11.5. The lowest BCUT2D eigenvalue weighted by Gasteiger charge is -2.07. The summed E-state index contributed by atoms with van der Waals surface area (Å²) in [4.78, 5) is 17.0. The lowest BCUT2D eigenvalue weighted by Crippen LogP contribution is -2.20. The Morgan fingerprint density at radius 2 is 2.13 bits per heavy atom. The molecule has 0 saturated carbocycles. The molecule has 0 unspecified atom stereocenters. The quantitative estimate of drug-likeness (QED) is 0.829. The number of alkyl halides is 3. The number of ether oxygens (including phenoxy) is 1. The van der Waals surface area contributed by atoms with Gasteiger partial charge in [0.15, 0.2) is 12.3 Å². The monoisotopic (exact) mass is 222 g/mol. The fourth-order valence-electron chi connectivity index (χ4n) is 0.676. The van der Waals surface area contributed by atoms with Gasteiger partial charge in [0, 0.05) is 0 Å². The first-order valence-corrected chi connectivity index (χ1v) is 3.63. The normalized spacial score (nSPS) is 11.1. The number of rotatable bonds is 3. The molecule has 0 radical (unpaired) electrons. The number of carboxylic acids is 1. The van der Waals surface area contributed by atoms with E-state index in [1.807, 2.05) is 0 Å². The summed E-state index contributed by atoms with van der Waals surface area (Å²) in [6, 6.07) is 0. The maximum atomic E-state index is 11.7. The summed E-state index contributed by atoms with van der Waals surface area (Å²) >= 11 is 0. The van der Waals surface area contributed by atoms with Crippen LogP contribution in [0.5, 0.6) is 5.88 Å². The molecule has 0 fully saturated rings. The smallest absolute Gasteiger partial charge is 0.422 e. The third-order valence-corrected chi connectivity index (χ3v) is 1.22. The second kappa shape index (κ2) is 4.11. The molecule has 15 heavy (non-hydrogen) atoms. The van der Waals surface area contributed by atoms with Crippen LogP contribution in [0, 0.1) is 0 Å². The van der Waals surface area contributed by atoms with Crippen LogP contribution in [-0.4, -0.2) is 33.8 Å². The summed E-state index contributed by atoms with van der Waals surface area (Å²) in [6.07, 6.45) is -2.69. The van der Waals surface area contributed by atoms with E-state index in [-0.39, 0.29) is 0 Å². The lowest BCUT2D eigenvalue weighted by atomic mass is 10.5. The molecule has 0 amide bonds. The predicted octanol–water partition coefficient (Wildman–Crippen LogP) is 1.12. The molecule has 0 saturated heterocycles. The van der Waals surface area contributed by atoms with Crippen LogP contribution >= 0.6 is 0 Å². The van der Waals surface area contributed by atoms with Gasteiger partial charge in [-0.25, -0.2) is 9.78 Å². The van der Waals surface area contributed by atoms with E-state index in [1.165, 1.54) is 0 Å². The van der Waals surface area contributed by atoms with Gasteiger partial charge in [-0.2, -0.15) is 13.2 Å². The van der Waals surface area contributed by atoms with E-state index < -0.39 is 30.3 Å². The van der Waals surface area contributed by atoms with E-state index in [2.05, 4.69) is 14.7 Å². The molecule has 1 rings (SSSR count). The molecular weight excluding hydrogens is 217 g/mol. The first kappa shape index (κ1) is 11.2. The number of carboxylic acid groups (broad SMARTS) is 1. The molecule has 1 aromatic rings. The van der Waals surface area contributed by atoms with E-state index in [4.69, 9.17) is 5.11 Å². The van der Waals surface area contributed by atoms with Crippen LogP contribution in [0.4, 0.5) is 13.2 Å². The summed E-state index contributed by atoms with van der Waals surface area (Å²) in [5.74, 6) is -1.87. The largest absolute Gasteiger partial charge is 0.476 e. The Bertz CT molecular complexity index is 367. The Morgan fingerprint density at radius 3 is 2.67 bits per heavy atom. The second-order valence-corrected chi connectivity index (χ2v) is 2.45. The minimum Gasteiger partial charge on any atom is -0.476 e. The van der Waals surface area contributed by atoms with Crippen LogP contribution < -0.4 is 4.74 Å². The molecule has 0 aliphatic rings. The number of halogens is 3. The minimum absolute atomic E-state index is 0.477. The number of nitrogens with zero attached hydrogens (tertiary/aromatic N) is 2. The number of aromatic nitrogens is 2. The average Bonchev–Trinajstić information content (AvgIpc) is 2.14. The third-order valence-electron chi connectivity index (χ3n) is 1.22. The van der Waals surface area contributed by atoms with Crippen LogP contribution in [0.25, 0.3) is 0 Å². The van der Waals surface area contributed by atoms with Gasteiger partial charge in [0.2, 0.25) is 5.88 Å². The van der Waals surface area contributed by atoms with Gasteiger partial charge in [-0.3, -0.25) is 4.98 Å². The van der Waals surface area contributed by atoms with Crippen molar-refractivity contribution in [3.05, 3.63) is 18.1 Å². The van der Waals surface area contributed by atoms with E-state index in [9.17, 15) is 18.0 Å². The SMILES string of the molecule is O=C(O)c1cncc(OCC(F)(F)F)n1. The summed E-state index contributed by atoms with van der Waals surface area (Å²) < 4.78 is 39.3. The molecule has 0 bridgehead atoms. The van der Waals surface area contributed by atoms with Crippen molar-refractivity contribution >= 4 is 5.97 Å². The zero-order valence-electron chi connectivity index (χ0n) is 7.15. The molecule has 1 aromatic heterocycles. The van der Waals surface area contributed by atoms with Gasteiger partial charge in [-0.1, -0.05) is 0 Å². The van der Waals surface area contributed by atoms with Crippen LogP contribution in [-0.2, 0) is 0 Å². The molecule has 1 N–H and O–H groups in total. The molecule has 8 heteroatoms. The van der Waals surface area contributed by atoms with Gasteiger partial charge in [0.25, 0.3) is 0 Å². The van der Waals surface area contributed by atoms with Crippen molar-refractivity contribution in [3.63, 3.8) is 0 Å². The lowest BCUT2D eigenvalue weighted by molar-refractivity contribution is -0.154. The van der Waals surface area contributed by atoms with Crippen molar-refractivity contribution in [2.75, 3.05) is 6.61 Å². The van der Waals surface area contributed by atoms with Gasteiger partial charge in [0.1, 0.15) is 0 Å². The predicted molar refractivity (Wildman–Crippen MR) is 40.5 cm³/mol. The molecule has 0 aromatic carbocycles. The molecule has 1 heterocycles. The standard InChI is InChI=1S/C7H5F3N2O3/c8-7(9,10)3-15-5-2-11-1-4(12-5)6(13)14/h1-2H,3H2,(H,13,14). The topological polar surface area (TPSA) is 72.3 Å². The molecule has 5 nitrogen and oxygen atoms in total. The van der Waals surface area contributed by atoms with E-state index >= 15 is 0 Å². The fraction of sp³-hybridized carbons (Fsp3) is 0.286. The van der Waals surface area contributed by atoms with Crippen LogP contribution in [0.1, 0.15) is 10.5 Å². The van der Waals surface area contributed by atoms with Crippen molar-refractivity contribution < 1.29 is 27.8 Å². The Labute approximate surface area is 81.5 Å². The van der Waals surface area contributed by atoms with Crippen LogP contribution in [0.3, 0.4) is 0 Å². The highest BCUT2D eigenvalue weighted by Gasteiger charge is 2.28. The molecule has 0 atom stereocenters. The van der Waals surface area contributed by atoms with Crippen LogP contribution in [0.2, 0.25) is 0 Å². The molecule has 0 aliphatic heterocycles. The highest BCUT2D eigenvalue weighted by Crippen LogP contribution is 2.16. The van der Waals surface area contributed by atoms with Gasteiger partial charge in [-0.05, 0) is 0 Å². The maximum Gasteiger partial charge on any atom is 0.422 e. The van der Waals surface area contributed by atoms with Gasteiger partial charge < -0.3 is 9.84 Å². The first-order valence-electron chi connectivity index (χ1n) is 3.63. The Morgan fingerprint density at radius 1 is 1.47 bits per heavy atom. The number of aromatic carboxylic acids is 1. The molecule has 0 spiro atoms. The number of carbonyl (C=O) groups is 1. The van der Waals surface area contributed by atoms with Crippen molar-refractivity contribution in [3.8, 4) is 5.88 Å². The zero-order valence-corrected chi connectivity index (χ0v) is 7.15. The minimum atomic E-state index is -4.50. The van der Waals surface area contributed by atoms with E-state index in [1.54, 1.807) is 0 Å². The summed E-state index contributed by atoms with van der Waals surface area (Å²) in [7, 11) is 0. The van der Waals surface area contributed by atoms with E-state index in [0.29, 0.717) is 0 Å². The highest BCUT2D eigenvalue weighted by molar-refractivity contribution is 5.84. The number of hydrogen-bond donors (Lipinski definition) is 1. The fourth-order valence-corrected chi connectivity index (χ4v) is 0.676. The molecule has 82 valence electrons.